The van der Waals surface area contributed by atoms with Crippen LogP contribution >= 0.6 is 15.9 Å². The SMILES string of the molecule is CCc1ccnc(Br)c1[N+](=O)[O-]. The Balaban J connectivity index is 3.29. The van der Waals surface area contributed by atoms with E-state index in [4.69, 9.17) is 0 Å². The van der Waals surface area contributed by atoms with Gasteiger partial charge in [-0.3, -0.25) is 10.1 Å². The molecule has 12 heavy (non-hydrogen) atoms. The third-order valence-corrected chi connectivity index (χ3v) is 2.11. The van der Waals surface area contributed by atoms with Crippen LogP contribution in [0.3, 0.4) is 0 Å². The number of nitrogens with zero attached hydrogens (tertiary/aromatic N) is 2. The molecule has 0 saturated carbocycles. The Morgan fingerprint density at radius 3 is 2.83 bits per heavy atom. The maximum Gasteiger partial charge on any atom is 0.305 e. The molecule has 5 heteroatoms. The molecule has 4 nitrogen and oxygen atoms in total. The number of nitro groups is 1. The molecule has 1 heterocycles. The standard InChI is InChI=1S/C7H7BrN2O2/c1-2-5-3-4-9-7(8)6(5)10(11)12/h3-4H,2H2,1H3. The highest BCUT2D eigenvalue weighted by Crippen LogP contribution is 2.26. The van der Waals surface area contributed by atoms with E-state index in [9.17, 15) is 10.1 Å². The third-order valence-electron chi connectivity index (χ3n) is 1.53. The Labute approximate surface area is 77.9 Å². The minimum atomic E-state index is -0.421. The monoisotopic (exact) mass is 230 g/mol. The number of hydrogen-bond acceptors (Lipinski definition) is 3. The maximum absolute atomic E-state index is 10.5. The van der Waals surface area contributed by atoms with Crippen molar-refractivity contribution < 1.29 is 4.92 Å². The molecule has 1 rings (SSSR count). The van der Waals surface area contributed by atoms with E-state index < -0.39 is 4.92 Å². The second-order valence-electron chi connectivity index (χ2n) is 2.22. The van der Waals surface area contributed by atoms with Crippen LogP contribution in [0.5, 0.6) is 0 Å². The topological polar surface area (TPSA) is 56.0 Å². The fraction of sp³-hybridized carbons (Fsp3) is 0.286. The molecule has 64 valence electrons. The molecular weight excluding hydrogens is 224 g/mol. The number of aryl methyl sites for hydroxylation is 1. The first-order valence-electron chi connectivity index (χ1n) is 3.44. The number of pyridine rings is 1. The van der Waals surface area contributed by atoms with Gasteiger partial charge in [-0.1, -0.05) is 6.92 Å². The first-order chi connectivity index (χ1) is 5.66. The van der Waals surface area contributed by atoms with Gasteiger partial charge in [0.1, 0.15) is 0 Å². The van der Waals surface area contributed by atoms with Crippen LogP contribution in [-0.2, 0) is 6.42 Å². The van der Waals surface area contributed by atoms with Gasteiger partial charge in [0.2, 0.25) is 0 Å². The van der Waals surface area contributed by atoms with Crippen LogP contribution in [0.1, 0.15) is 12.5 Å². The van der Waals surface area contributed by atoms with E-state index in [1.807, 2.05) is 6.92 Å². The molecule has 0 unspecified atom stereocenters. The summed E-state index contributed by atoms with van der Waals surface area (Å²) in [5.41, 5.74) is 0.766. The molecule has 1 aromatic heterocycles. The summed E-state index contributed by atoms with van der Waals surface area (Å²) in [5.74, 6) is 0. The van der Waals surface area contributed by atoms with Crippen LogP contribution in [0.4, 0.5) is 5.69 Å². The van der Waals surface area contributed by atoms with E-state index in [2.05, 4.69) is 20.9 Å². The molecule has 0 amide bonds. The molecule has 0 fully saturated rings. The second-order valence-corrected chi connectivity index (χ2v) is 2.97. The molecule has 0 aromatic carbocycles. The van der Waals surface area contributed by atoms with Crippen molar-refractivity contribution in [3.63, 3.8) is 0 Å². The molecule has 0 spiro atoms. The number of aromatic nitrogens is 1. The lowest BCUT2D eigenvalue weighted by Crippen LogP contribution is -1.96. The molecule has 0 aliphatic carbocycles. The Morgan fingerprint density at radius 2 is 2.42 bits per heavy atom. The summed E-state index contributed by atoms with van der Waals surface area (Å²) in [7, 11) is 0. The predicted octanol–water partition coefficient (Wildman–Crippen LogP) is 2.31. The molecule has 1 aromatic rings. The molecule has 0 aliphatic heterocycles. The number of rotatable bonds is 2. The maximum atomic E-state index is 10.5. The van der Waals surface area contributed by atoms with Crippen LogP contribution < -0.4 is 0 Å². The fourth-order valence-corrected chi connectivity index (χ4v) is 1.46. The van der Waals surface area contributed by atoms with Crippen LogP contribution in [-0.4, -0.2) is 9.91 Å². The molecule has 0 N–H and O–H groups in total. The van der Waals surface area contributed by atoms with Gasteiger partial charge in [-0.2, -0.15) is 0 Å². The molecule has 0 radical (unpaired) electrons. The van der Waals surface area contributed by atoms with E-state index >= 15 is 0 Å². The summed E-state index contributed by atoms with van der Waals surface area (Å²) >= 11 is 3.04. The van der Waals surface area contributed by atoms with Crippen LogP contribution in [0.15, 0.2) is 16.9 Å². The molecule has 0 saturated heterocycles. The minimum absolute atomic E-state index is 0.0694. The van der Waals surface area contributed by atoms with Crippen molar-refractivity contribution in [1.82, 2.24) is 4.98 Å². The van der Waals surface area contributed by atoms with Gasteiger partial charge in [-0.05, 0) is 28.4 Å². The van der Waals surface area contributed by atoms with Crippen molar-refractivity contribution in [1.29, 1.82) is 0 Å². The lowest BCUT2D eigenvalue weighted by Gasteiger charge is -1.99. The molecular formula is C7H7BrN2O2. The van der Waals surface area contributed by atoms with E-state index in [-0.39, 0.29) is 5.69 Å². The van der Waals surface area contributed by atoms with Gasteiger partial charge in [0, 0.05) is 11.8 Å². The van der Waals surface area contributed by atoms with Crippen LogP contribution in [0, 0.1) is 10.1 Å². The largest absolute Gasteiger partial charge is 0.305 e. The van der Waals surface area contributed by atoms with Crippen molar-refractivity contribution in [2.24, 2.45) is 0 Å². The van der Waals surface area contributed by atoms with Gasteiger partial charge < -0.3 is 0 Å². The van der Waals surface area contributed by atoms with Crippen LogP contribution in [0.25, 0.3) is 0 Å². The number of hydrogen-bond donors (Lipinski definition) is 0. The summed E-state index contributed by atoms with van der Waals surface area (Å²) in [6.07, 6.45) is 2.19. The second kappa shape index (κ2) is 3.62. The first kappa shape index (κ1) is 9.12. The van der Waals surface area contributed by atoms with Gasteiger partial charge in [0.05, 0.1) is 4.92 Å². The van der Waals surface area contributed by atoms with Crippen molar-refractivity contribution in [2.75, 3.05) is 0 Å². The van der Waals surface area contributed by atoms with Crippen molar-refractivity contribution in [3.8, 4) is 0 Å². The molecule has 0 aliphatic rings. The summed E-state index contributed by atoms with van der Waals surface area (Å²) in [5, 5.41) is 10.5. The lowest BCUT2D eigenvalue weighted by atomic mass is 10.2. The fourth-order valence-electron chi connectivity index (χ4n) is 0.943. The van der Waals surface area contributed by atoms with Gasteiger partial charge in [0.25, 0.3) is 0 Å². The predicted molar refractivity (Wildman–Crippen MR) is 48.0 cm³/mol. The zero-order valence-electron chi connectivity index (χ0n) is 6.45. The zero-order valence-corrected chi connectivity index (χ0v) is 8.04. The van der Waals surface area contributed by atoms with Crippen LogP contribution in [0.2, 0.25) is 0 Å². The van der Waals surface area contributed by atoms with E-state index in [0.29, 0.717) is 16.6 Å². The van der Waals surface area contributed by atoms with E-state index in [0.717, 1.165) is 0 Å². The summed E-state index contributed by atoms with van der Waals surface area (Å²) < 4.78 is 0.298. The quantitative estimate of drug-likeness (QED) is 0.445. The number of halogens is 1. The van der Waals surface area contributed by atoms with Gasteiger partial charge in [-0.15, -0.1) is 0 Å². The highest BCUT2D eigenvalue weighted by atomic mass is 79.9. The highest BCUT2D eigenvalue weighted by molar-refractivity contribution is 9.10. The normalized spacial score (nSPS) is 9.83. The summed E-state index contributed by atoms with van der Waals surface area (Å²) in [6.45, 7) is 1.87. The van der Waals surface area contributed by atoms with E-state index in [1.165, 1.54) is 0 Å². The molecule has 0 atom stereocenters. The van der Waals surface area contributed by atoms with E-state index in [1.54, 1.807) is 12.3 Å². The zero-order chi connectivity index (χ0) is 9.14. The molecule has 0 bridgehead atoms. The Hall–Kier alpha value is -0.970. The van der Waals surface area contributed by atoms with Gasteiger partial charge in [-0.25, -0.2) is 4.98 Å². The van der Waals surface area contributed by atoms with Gasteiger partial charge >= 0.3 is 5.69 Å². The minimum Gasteiger partial charge on any atom is -0.258 e. The third kappa shape index (κ3) is 1.61. The first-order valence-corrected chi connectivity index (χ1v) is 4.24. The van der Waals surface area contributed by atoms with Gasteiger partial charge in [0.15, 0.2) is 4.60 Å². The average Bonchev–Trinajstić information content (AvgIpc) is 2.03. The van der Waals surface area contributed by atoms with Crippen molar-refractivity contribution >= 4 is 21.6 Å². The smallest absolute Gasteiger partial charge is 0.258 e. The lowest BCUT2D eigenvalue weighted by molar-refractivity contribution is -0.386. The summed E-state index contributed by atoms with van der Waals surface area (Å²) in [4.78, 5) is 13.9. The summed E-state index contributed by atoms with van der Waals surface area (Å²) in [6, 6.07) is 1.66. The Bertz CT molecular complexity index is 314. The van der Waals surface area contributed by atoms with Crippen molar-refractivity contribution in [2.45, 2.75) is 13.3 Å². The Kier molecular flexibility index (Phi) is 2.75. The average molecular weight is 231 g/mol. The van der Waals surface area contributed by atoms with Crippen molar-refractivity contribution in [3.05, 3.63) is 32.5 Å². The Morgan fingerprint density at radius 1 is 1.75 bits per heavy atom. The highest BCUT2D eigenvalue weighted by Gasteiger charge is 2.17.